The minimum atomic E-state index is -1.06. The molecule has 0 amide bonds. The molecule has 0 aliphatic heterocycles. The maximum absolute atomic E-state index is 12.9. The van der Waals surface area contributed by atoms with Crippen LogP contribution >= 0.6 is 11.6 Å². The van der Waals surface area contributed by atoms with E-state index >= 15 is 0 Å². The maximum Gasteiger partial charge on any atom is 0.126 e. The van der Waals surface area contributed by atoms with Crippen LogP contribution in [0.3, 0.4) is 0 Å². The third-order valence-electron chi connectivity index (χ3n) is 2.05. The molecule has 0 saturated carbocycles. The number of halogens is 2. The van der Waals surface area contributed by atoms with Gasteiger partial charge in [0.2, 0.25) is 0 Å². The number of hydrogen-bond donors (Lipinski definition) is 2. The number of benzene rings is 1. The Labute approximate surface area is 86.9 Å². The van der Waals surface area contributed by atoms with E-state index in [0.717, 1.165) is 0 Å². The van der Waals surface area contributed by atoms with Gasteiger partial charge in [0.05, 0.1) is 12.0 Å². The molecule has 0 radical (unpaired) electrons. The molecule has 14 heavy (non-hydrogen) atoms. The lowest BCUT2D eigenvalue weighted by atomic mass is 10.0. The van der Waals surface area contributed by atoms with Gasteiger partial charge in [-0.2, -0.15) is 0 Å². The Morgan fingerprint density at radius 2 is 2.07 bits per heavy atom. The molecule has 2 atom stereocenters. The Balaban J connectivity index is 2.91. The van der Waals surface area contributed by atoms with Crippen LogP contribution in [0, 0.1) is 12.7 Å². The fraction of sp³-hybridized carbons (Fsp3) is 0.400. The van der Waals surface area contributed by atoms with Crippen molar-refractivity contribution in [2.75, 3.05) is 5.88 Å². The molecule has 2 N–H and O–H groups in total. The van der Waals surface area contributed by atoms with E-state index < -0.39 is 12.2 Å². The summed E-state index contributed by atoms with van der Waals surface area (Å²) in [5, 5.41) is 18.8. The van der Waals surface area contributed by atoms with Crippen LogP contribution < -0.4 is 0 Å². The van der Waals surface area contributed by atoms with Gasteiger partial charge in [-0.25, -0.2) is 4.39 Å². The molecule has 0 aromatic heterocycles. The number of aliphatic hydroxyl groups is 2. The standard InChI is InChI=1S/C10H12ClFO2/c1-6-4-7(2-3-8(6)12)10(14)9(13)5-11/h2-4,9-10,13-14H,5H2,1H3. The average Bonchev–Trinajstić information content (AvgIpc) is 2.20. The monoisotopic (exact) mass is 218 g/mol. The first-order valence-electron chi connectivity index (χ1n) is 4.24. The number of aliphatic hydroxyl groups excluding tert-OH is 2. The zero-order valence-electron chi connectivity index (χ0n) is 7.74. The van der Waals surface area contributed by atoms with Crippen molar-refractivity contribution in [1.29, 1.82) is 0 Å². The summed E-state index contributed by atoms with van der Waals surface area (Å²) in [6.45, 7) is 1.60. The lowest BCUT2D eigenvalue weighted by Gasteiger charge is -2.16. The van der Waals surface area contributed by atoms with Gasteiger partial charge in [-0.1, -0.05) is 12.1 Å². The second kappa shape index (κ2) is 4.73. The van der Waals surface area contributed by atoms with E-state index in [9.17, 15) is 14.6 Å². The van der Waals surface area contributed by atoms with E-state index in [4.69, 9.17) is 11.6 Å². The molecule has 0 saturated heterocycles. The van der Waals surface area contributed by atoms with Crippen LogP contribution in [-0.2, 0) is 0 Å². The summed E-state index contributed by atoms with van der Waals surface area (Å²) in [7, 11) is 0. The van der Waals surface area contributed by atoms with Crippen LogP contribution in [0.15, 0.2) is 18.2 Å². The molecule has 2 unspecified atom stereocenters. The Kier molecular flexibility index (Phi) is 3.86. The number of rotatable bonds is 3. The van der Waals surface area contributed by atoms with E-state index in [1.54, 1.807) is 6.92 Å². The summed E-state index contributed by atoms with van der Waals surface area (Å²) in [5.41, 5.74) is 0.903. The van der Waals surface area contributed by atoms with Gasteiger partial charge in [-0.15, -0.1) is 11.6 Å². The first kappa shape index (κ1) is 11.4. The van der Waals surface area contributed by atoms with Crippen molar-refractivity contribution >= 4 is 11.6 Å². The highest BCUT2D eigenvalue weighted by Gasteiger charge is 2.17. The van der Waals surface area contributed by atoms with Crippen LogP contribution in [0.25, 0.3) is 0 Å². The van der Waals surface area contributed by atoms with E-state index in [2.05, 4.69) is 0 Å². The average molecular weight is 219 g/mol. The van der Waals surface area contributed by atoms with E-state index in [1.807, 2.05) is 0 Å². The van der Waals surface area contributed by atoms with E-state index in [1.165, 1.54) is 18.2 Å². The van der Waals surface area contributed by atoms with Gasteiger partial charge in [-0.05, 0) is 24.1 Å². The molecule has 0 aliphatic carbocycles. The largest absolute Gasteiger partial charge is 0.389 e. The quantitative estimate of drug-likeness (QED) is 0.760. The molecule has 0 fully saturated rings. The molecule has 1 aromatic carbocycles. The number of hydrogen-bond acceptors (Lipinski definition) is 2. The SMILES string of the molecule is Cc1cc(C(O)C(O)CCl)ccc1F. The summed E-state index contributed by atoms with van der Waals surface area (Å²) in [6, 6.07) is 4.19. The summed E-state index contributed by atoms with van der Waals surface area (Å²) in [5.74, 6) is -0.390. The highest BCUT2D eigenvalue weighted by molar-refractivity contribution is 6.18. The Morgan fingerprint density at radius 1 is 1.43 bits per heavy atom. The van der Waals surface area contributed by atoms with E-state index in [-0.39, 0.29) is 11.7 Å². The number of alkyl halides is 1. The molecule has 0 heterocycles. The summed E-state index contributed by atoms with van der Waals surface area (Å²) in [4.78, 5) is 0. The first-order valence-corrected chi connectivity index (χ1v) is 4.78. The smallest absolute Gasteiger partial charge is 0.126 e. The van der Waals surface area contributed by atoms with Crippen molar-refractivity contribution in [2.45, 2.75) is 19.1 Å². The van der Waals surface area contributed by atoms with Gasteiger partial charge in [0, 0.05) is 0 Å². The predicted molar refractivity (Wildman–Crippen MR) is 52.8 cm³/mol. The molecule has 4 heteroatoms. The molecule has 0 spiro atoms. The van der Waals surface area contributed by atoms with Crippen molar-refractivity contribution in [3.05, 3.63) is 35.1 Å². The fourth-order valence-corrected chi connectivity index (χ4v) is 1.33. The van der Waals surface area contributed by atoms with E-state index in [0.29, 0.717) is 11.1 Å². The van der Waals surface area contributed by atoms with Crippen LogP contribution in [0.4, 0.5) is 4.39 Å². The Hall–Kier alpha value is -0.640. The fourth-order valence-electron chi connectivity index (χ4n) is 1.16. The van der Waals surface area contributed by atoms with Crippen molar-refractivity contribution in [2.24, 2.45) is 0 Å². The molecule has 1 aromatic rings. The maximum atomic E-state index is 12.9. The third-order valence-corrected chi connectivity index (χ3v) is 2.36. The normalized spacial score (nSPS) is 15.2. The second-order valence-corrected chi connectivity index (χ2v) is 3.48. The number of aryl methyl sites for hydroxylation is 1. The second-order valence-electron chi connectivity index (χ2n) is 3.18. The predicted octanol–water partition coefficient (Wildman–Crippen LogP) is 1.77. The zero-order valence-corrected chi connectivity index (χ0v) is 8.50. The topological polar surface area (TPSA) is 40.5 Å². The van der Waals surface area contributed by atoms with Gasteiger partial charge < -0.3 is 10.2 Å². The molecule has 1 rings (SSSR count). The third kappa shape index (κ3) is 2.44. The van der Waals surface area contributed by atoms with Crippen LogP contribution in [0.5, 0.6) is 0 Å². The zero-order chi connectivity index (χ0) is 10.7. The van der Waals surface area contributed by atoms with Gasteiger partial charge in [0.15, 0.2) is 0 Å². The van der Waals surface area contributed by atoms with Crippen molar-refractivity contribution < 1.29 is 14.6 Å². The molecular weight excluding hydrogens is 207 g/mol. The molecule has 0 bridgehead atoms. The first-order chi connectivity index (χ1) is 6.56. The minimum absolute atomic E-state index is 0.0579. The van der Waals surface area contributed by atoms with Gasteiger partial charge in [0.25, 0.3) is 0 Å². The molecule has 2 nitrogen and oxygen atoms in total. The van der Waals surface area contributed by atoms with Crippen molar-refractivity contribution in [3.63, 3.8) is 0 Å². The van der Waals surface area contributed by atoms with Gasteiger partial charge in [0.1, 0.15) is 11.9 Å². The highest BCUT2D eigenvalue weighted by atomic mass is 35.5. The summed E-state index contributed by atoms with van der Waals surface area (Å²) in [6.07, 6.45) is -2.09. The van der Waals surface area contributed by atoms with Gasteiger partial charge >= 0.3 is 0 Å². The van der Waals surface area contributed by atoms with Crippen LogP contribution in [-0.4, -0.2) is 22.2 Å². The van der Waals surface area contributed by atoms with Crippen LogP contribution in [0.2, 0.25) is 0 Å². The van der Waals surface area contributed by atoms with Crippen molar-refractivity contribution in [1.82, 2.24) is 0 Å². The minimum Gasteiger partial charge on any atom is -0.389 e. The summed E-state index contributed by atoms with van der Waals surface area (Å²) >= 11 is 5.38. The molecule has 0 aliphatic rings. The lowest BCUT2D eigenvalue weighted by molar-refractivity contribution is 0.0326. The van der Waals surface area contributed by atoms with Gasteiger partial charge in [-0.3, -0.25) is 0 Å². The summed E-state index contributed by atoms with van der Waals surface area (Å²) < 4.78 is 12.9. The highest BCUT2D eigenvalue weighted by Crippen LogP contribution is 2.20. The van der Waals surface area contributed by atoms with Crippen LogP contribution in [0.1, 0.15) is 17.2 Å². The Morgan fingerprint density at radius 3 is 2.57 bits per heavy atom. The lowest BCUT2D eigenvalue weighted by Crippen LogP contribution is -2.19. The van der Waals surface area contributed by atoms with Crippen molar-refractivity contribution in [3.8, 4) is 0 Å². The molecule has 78 valence electrons. The Bertz CT molecular complexity index is 317. The molecular formula is C10H12ClFO2.